The monoisotopic (exact) mass is 542 g/mol. The first-order valence-corrected chi connectivity index (χ1v) is 10.9. The number of aliphatic carboxylic acids is 1. The first-order valence-electron chi connectivity index (χ1n) is 10.1. The van der Waals surface area contributed by atoms with E-state index in [-0.39, 0.29) is 39.2 Å². The smallest absolute Gasteiger partial charge is 0.330 e. The third-order valence-corrected chi connectivity index (χ3v) is 4.60. The lowest BCUT2D eigenvalue weighted by Gasteiger charge is -2.07. The highest BCUT2D eigenvalue weighted by Gasteiger charge is 2.12. The van der Waals surface area contributed by atoms with E-state index in [0.717, 1.165) is 18.2 Å². The van der Waals surface area contributed by atoms with Crippen molar-refractivity contribution >= 4 is 70.5 Å². The zero-order chi connectivity index (χ0) is 27.4. The third-order valence-electron chi connectivity index (χ3n) is 3.94. The second-order valence-corrected chi connectivity index (χ2v) is 7.58. The summed E-state index contributed by atoms with van der Waals surface area (Å²) in [6.07, 6.45) is 4.08. The highest BCUT2D eigenvalue weighted by atomic mass is 35.5. The van der Waals surface area contributed by atoms with Crippen molar-refractivity contribution in [1.29, 1.82) is 0 Å². The molecule has 0 heterocycles. The molecule has 3 N–H and O–H groups in total. The molecule has 36 heavy (non-hydrogen) atoms. The lowest BCUT2D eigenvalue weighted by atomic mass is 10.1. The maximum Gasteiger partial charge on any atom is 0.330 e. The van der Waals surface area contributed by atoms with Gasteiger partial charge < -0.3 is 20.5 Å². The fourth-order valence-electron chi connectivity index (χ4n) is 2.51. The van der Waals surface area contributed by atoms with Crippen molar-refractivity contribution in [2.45, 2.75) is 20.8 Å². The number of esters is 1. The quantitative estimate of drug-likeness (QED) is 0.311. The second kappa shape index (κ2) is 14.6. The highest BCUT2D eigenvalue weighted by Crippen LogP contribution is 2.28. The molecular weight excluding hydrogens is 521 g/mol. The van der Waals surface area contributed by atoms with Crippen molar-refractivity contribution in [2.75, 3.05) is 17.2 Å². The van der Waals surface area contributed by atoms with Crippen molar-refractivity contribution < 1.29 is 37.8 Å². The number of nitrogens with one attached hydrogen (secondary N) is 2. The molecule has 2 aromatic carbocycles. The normalized spacial score (nSPS) is 10.5. The fraction of sp³-hybridized carbons (Fsp3) is 0.167. The predicted octanol–water partition coefficient (Wildman–Crippen LogP) is 5.55. The molecule has 0 bridgehead atoms. The van der Waals surface area contributed by atoms with E-state index in [0.29, 0.717) is 0 Å². The SMILES string of the molecule is CC(=O)Nc1ccc(Cl)c(/C=C/C(=O)O)c1F.CCOC(=O)/C=C/c1c(Cl)ccc(NC(C)=O)c1F. The van der Waals surface area contributed by atoms with Gasteiger partial charge in [0.05, 0.1) is 28.0 Å². The van der Waals surface area contributed by atoms with E-state index < -0.39 is 35.4 Å². The van der Waals surface area contributed by atoms with Gasteiger partial charge in [-0.1, -0.05) is 23.2 Å². The minimum atomic E-state index is -1.22. The Hall–Kier alpha value is -3.76. The molecule has 0 saturated heterocycles. The van der Waals surface area contributed by atoms with Gasteiger partial charge in [-0.15, -0.1) is 0 Å². The number of rotatable bonds is 7. The molecule has 2 aromatic rings. The van der Waals surface area contributed by atoms with Crippen molar-refractivity contribution in [3.8, 4) is 0 Å². The van der Waals surface area contributed by atoms with E-state index in [2.05, 4.69) is 15.4 Å². The molecule has 0 aliphatic heterocycles. The summed E-state index contributed by atoms with van der Waals surface area (Å²) in [6.45, 7) is 4.39. The predicted molar refractivity (Wildman–Crippen MR) is 134 cm³/mol. The summed E-state index contributed by atoms with van der Waals surface area (Å²) in [4.78, 5) is 43.2. The van der Waals surface area contributed by atoms with E-state index in [4.69, 9.17) is 28.3 Å². The van der Waals surface area contributed by atoms with Gasteiger partial charge in [-0.3, -0.25) is 9.59 Å². The largest absolute Gasteiger partial charge is 0.478 e. The van der Waals surface area contributed by atoms with Crippen LogP contribution in [0.25, 0.3) is 12.2 Å². The first-order chi connectivity index (χ1) is 16.9. The Kier molecular flexibility index (Phi) is 12.3. The van der Waals surface area contributed by atoms with Crippen LogP contribution in [0.4, 0.5) is 20.2 Å². The molecular formula is C24H22Cl2F2N2O6. The first kappa shape index (κ1) is 30.3. The van der Waals surface area contributed by atoms with E-state index in [9.17, 15) is 28.0 Å². The van der Waals surface area contributed by atoms with Gasteiger partial charge in [0.25, 0.3) is 0 Å². The topological polar surface area (TPSA) is 122 Å². The molecule has 0 atom stereocenters. The van der Waals surface area contributed by atoms with Gasteiger partial charge in [-0.2, -0.15) is 0 Å². The number of ether oxygens (including phenoxy) is 1. The number of hydrogen-bond acceptors (Lipinski definition) is 5. The van der Waals surface area contributed by atoms with Gasteiger partial charge in [0.2, 0.25) is 11.8 Å². The van der Waals surface area contributed by atoms with Crippen LogP contribution < -0.4 is 10.6 Å². The average Bonchev–Trinajstić information content (AvgIpc) is 2.77. The molecule has 0 radical (unpaired) electrons. The number of carbonyl (C=O) groups is 4. The minimum absolute atomic E-state index is 0.000379. The lowest BCUT2D eigenvalue weighted by molar-refractivity contribution is -0.137. The number of carbonyl (C=O) groups excluding carboxylic acids is 3. The molecule has 8 nitrogen and oxygen atoms in total. The molecule has 0 aromatic heterocycles. The number of carboxylic acids is 1. The number of carboxylic acid groups (broad SMARTS) is 1. The van der Waals surface area contributed by atoms with E-state index in [1.165, 1.54) is 44.2 Å². The Morgan fingerprint density at radius 1 is 0.861 bits per heavy atom. The molecule has 0 unspecified atom stereocenters. The fourth-order valence-corrected chi connectivity index (χ4v) is 2.93. The second-order valence-electron chi connectivity index (χ2n) is 6.76. The third kappa shape index (κ3) is 9.85. The van der Waals surface area contributed by atoms with E-state index in [1.54, 1.807) is 6.92 Å². The molecule has 192 valence electrons. The van der Waals surface area contributed by atoms with E-state index >= 15 is 0 Å². The zero-order valence-corrected chi connectivity index (χ0v) is 20.8. The van der Waals surface area contributed by atoms with Crippen LogP contribution in [-0.2, 0) is 23.9 Å². The van der Waals surface area contributed by atoms with Gasteiger partial charge in [-0.25, -0.2) is 18.4 Å². The lowest BCUT2D eigenvalue weighted by Crippen LogP contribution is -2.08. The van der Waals surface area contributed by atoms with Gasteiger partial charge in [-0.05, 0) is 43.3 Å². The number of anilines is 2. The van der Waals surface area contributed by atoms with Crippen LogP contribution in [0.5, 0.6) is 0 Å². The van der Waals surface area contributed by atoms with Crippen LogP contribution in [0, 0.1) is 11.6 Å². The Labute approximate surface area is 215 Å². The van der Waals surface area contributed by atoms with Crippen LogP contribution in [0.1, 0.15) is 31.9 Å². The Morgan fingerprint density at radius 3 is 1.64 bits per heavy atom. The van der Waals surface area contributed by atoms with Crippen molar-refractivity contribution in [1.82, 2.24) is 0 Å². The van der Waals surface area contributed by atoms with Crippen LogP contribution in [0.15, 0.2) is 36.4 Å². The maximum absolute atomic E-state index is 14.0. The van der Waals surface area contributed by atoms with Crippen LogP contribution in [0.3, 0.4) is 0 Å². The molecule has 2 rings (SSSR count). The molecule has 0 saturated carbocycles. The Morgan fingerprint density at radius 2 is 1.28 bits per heavy atom. The maximum atomic E-state index is 14.0. The molecule has 2 amide bonds. The summed E-state index contributed by atoms with van der Waals surface area (Å²) in [5, 5.41) is 13.3. The summed E-state index contributed by atoms with van der Waals surface area (Å²) >= 11 is 11.6. The highest BCUT2D eigenvalue weighted by molar-refractivity contribution is 6.32. The van der Waals surface area contributed by atoms with Gasteiger partial charge >= 0.3 is 11.9 Å². The number of hydrogen-bond donors (Lipinski definition) is 3. The van der Waals surface area contributed by atoms with Crippen LogP contribution in [-0.4, -0.2) is 35.5 Å². The number of amides is 2. The molecule has 0 spiro atoms. The average molecular weight is 543 g/mol. The molecule has 0 aliphatic carbocycles. The van der Waals surface area contributed by atoms with Gasteiger partial charge in [0.15, 0.2) is 11.6 Å². The van der Waals surface area contributed by atoms with Crippen molar-refractivity contribution in [2.24, 2.45) is 0 Å². The standard InChI is InChI=1S/C13H13ClFNO3.C11H9ClFNO3/c1-3-19-12(18)7-4-9-10(14)5-6-11(13(9)15)16-8(2)17;1-6(15)14-9-4-3-8(12)7(11(9)13)2-5-10(16)17/h4-7H,3H2,1-2H3,(H,16,17);2-5H,1H3,(H,14,15)(H,16,17)/b7-4+;5-2+. The summed E-state index contributed by atoms with van der Waals surface area (Å²) in [6, 6.07) is 5.45. The number of benzene rings is 2. The van der Waals surface area contributed by atoms with Crippen LogP contribution >= 0.6 is 23.2 Å². The minimum Gasteiger partial charge on any atom is -0.478 e. The van der Waals surface area contributed by atoms with Gasteiger partial charge in [0, 0.05) is 37.1 Å². The van der Waals surface area contributed by atoms with Crippen molar-refractivity contribution in [3.05, 3.63) is 69.2 Å². The summed E-state index contributed by atoms with van der Waals surface area (Å²) in [5.41, 5.74) is -0.117. The van der Waals surface area contributed by atoms with E-state index in [1.807, 2.05) is 0 Å². The molecule has 12 heteroatoms. The summed E-state index contributed by atoms with van der Waals surface area (Å²) in [5.74, 6) is -4.12. The zero-order valence-electron chi connectivity index (χ0n) is 19.3. The van der Waals surface area contributed by atoms with Crippen molar-refractivity contribution in [3.63, 3.8) is 0 Å². The summed E-state index contributed by atoms with van der Waals surface area (Å²) < 4.78 is 32.5. The number of halogens is 4. The summed E-state index contributed by atoms with van der Waals surface area (Å²) in [7, 11) is 0. The van der Waals surface area contributed by atoms with Gasteiger partial charge in [0.1, 0.15) is 0 Å². The Balaban J connectivity index is 0.000000362. The molecule has 0 fully saturated rings. The molecule has 0 aliphatic rings. The Bertz CT molecular complexity index is 1220. The van der Waals surface area contributed by atoms with Crippen LogP contribution in [0.2, 0.25) is 10.0 Å².